The Hall–Kier alpha value is -2.73. The number of halogens is 2. The second-order valence-corrected chi connectivity index (χ2v) is 5.29. The highest BCUT2D eigenvalue weighted by atomic mass is 35.5. The van der Waals surface area contributed by atoms with Crippen molar-refractivity contribution in [3.63, 3.8) is 0 Å². The fourth-order valence-corrected chi connectivity index (χ4v) is 2.31. The molecule has 0 bridgehead atoms. The van der Waals surface area contributed by atoms with Gasteiger partial charge in [0, 0.05) is 11.3 Å². The van der Waals surface area contributed by atoms with E-state index in [0.29, 0.717) is 22.5 Å². The summed E-state index contributed by atoms with van der Waals surface area (Å²) >= 11 is 5.71. The molecule has 1 amide bonds. The molecular formula is C16H12ClFN4O. The summed E-state index contributed by atoms with van der Waals surface area (Å²) in [7, 11) is 0. The van der Waals surface area contributed by atoms with E-state index in [0.717, 1.165) is 0 Å². The summed E-state index contributed by atoms with van der Waals surface area (Å²) in [5, 5.41) is 12.9. The van der Waals surface area contributed by atoms with Gasteiger partial charge in [0.25, 0.3) is 5.91 Å². The van der Waals surface area contributed by atoms with Gasteiger partial charge in [-0.25, -0.2) is 4.39 Å². The minimum atomic E-state index is -0.516. The molecule has 2 aromatic carbocycles. The van der Waals surface area contributed by atoms with Gasteiger partial charge in [-0.1, -0.05) is 35.9 Å². The standard InChI is InChI=1S/C16H12ClFN4O/c1-9-15(21-22-20-9)16(23)19-14-5-3-2-4-11(14)10-6-7-12(17)13(18)8-10/h2-8H,1H3,(H,19,23)(H,20,21,22). The number of nitrogens with zero attached hydrogens (tertiary/aromatic N) is 2. The van der Waals surface area contributed by atoms with Gasteiger partial charge in [0.2, 0.25) is 0 Å². The smallest absolute Gasteiger partial charge is 0.278 e. The Morgan fingerprint density at radius 2 is 2.00 bits per heavy atom. The number of hydrogen-bond acceptors (Lipinski definition) is 3. The van der Waals surface area contributed by atoms with E-state index in [-0.39, 0.29) is 10.7 Å². The van der Waals surface area contributed by atoms with Crippen molar-refractivity contribution in [1.29, 1.82) is 0 Å². The maximum atomic E-state index is 13.7. The first-order valence-electron chi connectivity index (χ1n) is 6.79. The molecule has 5 nitrogen and oxygen atoms in total. The van der Waals surface area contributed by atoms with Gasteiger partial charge in [0.15, 0.2) is 5.69 Å². The third-order valence-corrected chi connectivity index (χ3v) is 3.65. The van der Waals surface area contributed by atoms with Crippen LogP contribution < -0.4 is 5.32 Å². The van der Waals surface area contributed by atoms with Crippen molar-refractivity contribution < 1.29 is 9.18 Å². The zero-order chi connectivity index (χ0) is 16.4. The van der Waals surface area contributed by atoms with Crippen molar-refractivity contribution >= 4 is 23.2 Å². The monoisotopic (exact) mass is 330 g/mol. The number of carbonyl (C=O) groups is 1. The van der Waals surface area contributed by atoms with Crippen LogP contribution in [0.2, 0.25) is 5.02 Å². The van der Waals surface area contributed by atoms with E-state index in [9.17, 15) is 9.18 Å². The minimum absolute atomic E-state index is 0.0495. The molecule has 0 fully saturated rings. The van der Waals surface area contributed by atoms with Crippen LogP contribution in [0.5, 0.6) is 0 Å². The van der Waals surface area contributed by atoms with Gasteiger partial charge < -0.3 is 5.32 Å². The van der Waals surface area contributed by atoms with Crippen LogP contribution in [0.4, 0.5) is 10.1 Å². The summed E-state index contributed by atoms with van der Waals surface area (Å²) in [5.74, 6) is -0.907. The number of aromatic amines is 1. The molecule has 116 valence electrons. The first-order valence-corrected chi connectivity index (χ1v) is 7.17. The van der Waals surface area contributed by atoms with Crippen LogP contribution in [0, 0.1) is 12.7 Å². The maximum absolute atomic E-state index is 13.7. The first kappa shape index (κ1) is 15.2. The van der Waals surface area contributed by atoms with Gasteiger partial charge in [-0.2, -0.15) is 15.4 Å². The normalized spacial score (nSPS) is 10.6. The van der Waals surface area contributed by atoms with Crippen LogP contribution in [0.25, 0.3) is 11.1 Å². The summed E-state index contributed by atoms with van der Waals surface area (Å²) in [6, 6.07) is 11.6. The molecule has 0 saturated carbocycles. The Labute approximate surface area is 136 Å². The molecule has 0 unspecified atom stereocenters. The predicted octanol–water partition coefficient (Wildman–Crippen LogP) is 3.82. The molecule has 0 aliphatic rings. The summed E-state index contributed by atoms with van der Waals surface area (Å²) in [6.07, 6.45) is 0. The van der Waals surface area contributed by atoms with Gasteiger partial charge in [-0.15, -0.1) is 0 Å². The third-order valence-electron chi connectivity index (χ3n) is 3.34. The van der Waals surface area contributed by atoms with E-state index in [1.165, 1.54) is 12.1 Å². The van der Waals surface area contributed by atoms with Gasteiger partial charge >= 0.3 is 0 Å². The van der Waals surface area contributed by atoms with Crippen molar-refractivity contribution in [2.75, 3.05) is 5.32 Å². The molecule has 2 N–H and O–H groups in total. The number of para-hydroxylation sites is 1. The third kappa shape index (κ3) is 3.07. The van der Waals surface area contributed by atoms with E-state index in [1.54, 1.807) is 37.3 Å². The second kappa shape index (κ2) is 6.18. The van der Waals surface area contributed by atoms with Gasteiger partial charge in [-0.3, -0.25) is 4.79 Å². The van der Waals surface area contributed by atoms with E-state index in [4.69, 9.17) is 11.6 Å². The molecule has 23 heavy (non-hydrogen) atoms. The average Bonchev–Trinajstić information content (AvgIpc) is 2.97. The van der Waals surface area contributed by atoms with Crippen LogP contribution >= 0.6 is 11.6 Å². The Morgan fingerprint density at radius 1 is 1.22 bits per heavy atom. The molecule has 7 heteroatoms. The van der Waals surface area contributed by atoms with Crippen LogP contribution in [-0.4, -0.2) is 21.3 Å². The Morgan fingerprint density at radius 3 is 2.70 bits per heavy atom. The Balaban J connectivity index is 1.96. The van der Waals surface area contributed by atoms with E-state index >= 15 is 0 Å². The topological polar surface area (TPSA) is 70.7 Å². The van der Waals surface area contributed by atoms with Gasteiger partial charge in [0.05, 0.1) is 10.7 Å². The van der Waals surface area contributed by atoms with E-state index in [1.807, 2.05) is 0 Å². The van der Waals surface area contributed by atoms with Crippen molar-refractivity contribution in [2.24, 2.45) is 0 Å². The quantitative estimate of drug-likeness (QED) is 0.766. The van der Waals surface area contributed by atoms with Crippen LogP contribution in [0.15, 0.2) is 42.5 Å². The fraction of sp³-hybridized carbons (Fsp3) is 0.0625. The fourth-order valence-electron chi connectivity index (χ4n) is 2.19. The molecule has 0 aliphatic heterocycles. The lowest BCUT2D eigenvalue weighted by Gasteiger charge is -2.11. The Bertz CT molecular complexity index is 878. The lowest BCUT2D eigenvalue weighted by Crippen LogP contribution is -2.14. The highest BCUT2D eigenvalue weighted by Gasteiger charge is 2.15. The van der Waals surface area contributed by atoms with Crippen LogP contribution in [0.1, 0.15) is 16.2 Å². The number of aromatic nitrogens is 3. The maximum Gasteiger partial charge on any atom is 0.278 e. The lowest BCUT2D eigenvalue weighted by molar-refractivity contribution is 0.102. The molecular weight excluding hydrogens is 319 g/mol. The zero-order valence-electron chi connectivity index (χ0n) is 12.1. The number of rotatable bonds is 3. The predicted molar refractivity (Wildman–Crippen MR) is 85.9 cm³/mol. The summed E-state index contributed by atoms with van der Waals surface area (Å²) in [5.41, 5.74) is 2.54. The molecule has 0 radical (unpaired) electrons. The molecule has 0 aliphatic carbocycles. The number of carbonyl (C=O) groups excluding carboxylic acids is 1. The number of anilines is 1. The zero-order valence-corrected chi connectivity index (χ0v) is 12.9. The summed E-state index contributed by atoms with van der Waals surface area (Å²) in [6.45, 7) is 1.68. The number of aryl methyl sites for hydroxylation is 1. The summed E-state index contributed by atoms with van der Waals surface area (Å²) < 4.78 is 13.7. The largest absolute Gasteiger partial charge is 0.320 e. The van der Waals surface area contributed by atoms with Gasteiger partial charge in [-0.05, 0) is 30.7 Å². The van der Waals surface area contributed by atoms with Crippen molar-refractivity contribution in [3.05, 3.63) is 64.7 Å². The number of nitrogens with one attached hydrogen (secondary N) is 2. The number of amides is 1. The van der Waals surface area contributed by atoms with Gasteiger partial charge in [0.1, 0.15) is 5.82 Å². The molecule has 0 saturated heterocycles. The summed E-state index contributed by atoms with van der Waals surface area (Å²) in [4.78, 5) is 12.3. The lowest BCUT2D eigenvalue weighted by atomic mass is 10.0. The SMILES string of the molecule is Cc1n[nH]nc1C(=O)Nc1ccccc1-c1ccc(Cl)c(F)c1. The molecule has 3 aromatic rings. The molecule has 0 atom stereocenters. The first-order chi connectivity index (χ1) is 11.1. The van der Waals surface area contributed by atoms with E-state index in [2.05, 4.69) is 20.7 Å². The average molecular weight is 331 g/mol. The minimum Gasteiger partial charge on any atom is -0.320 e. The van der Waals surface area contributed by atoms with E-state index < -0.39 is 11.7 Å². The number of hydrogen-bond donors (Lipinski definition) is 2. The second-order valence-electron chi connectivity index (χ2n) is 4.89. The van der Waals surface area contributed by atoms with Crippen LogP contribution in [-0.2, 0) is 0 Å². The molecule has 1 aromatic heterocycles. The van der Waals surface area contributed by atoms with Crippen molar-refractivity contribution in [2.45, 2.75) is 6.92 Å². The van der Waals surface area contributed by atoms with Crippen LogP contribution in [0.3, 0.4) is 0 Å². The molecule has 3 rings (SSSR count). The molecule has 0 spiro atoms. The highest BCUT2D eigenvalue weighted by molar-refractivity contribution is 6.30. The van der Waals surface area contributed by atoms with Crippen molar-refractivity contribution in [1.82, 2.24) is 15.4 Å². The Kier molecular flexibility index (Phi) is 4.08. The molecule has 1 heterocycles. The highest BCUT2D eigenvalue weighted by Crippen LogP contribution is 2.30. The number of H-pyrrole nitrogens is 1. The number of benzene rings is 2. The van der Waals surface area contributed by atoms with Crippen molar-refractivity contribution in [3.8, 4) is 11.1 Å².